The quantitative estimate of drug-likeness (QED) is 0.491. The maximum absolute atomic E-state index is 12.9. The number of para-hydroxylation sites is 1. The van der Waals surface area contributed by atoms with E-state index in [1.165, 1.54) is 16.7 Å². The first-order chi connectivity index (χ1) is 14.1. The second-order valence-electron chi connectivity index (χ2n) is 7.50. The lowest BCUT2D eigenvalue weighted by atomic mass is 9.85. The number of benzene rings is 2. The molecular weight excluding hydrogens is 358 g/mol. The minimum atomic E-state index is -0.0181. The van der Waals surface area contributed by atoms with E-state index >= 15 is 0 Å². The number of carbonyl (C=O) groups excluding carboxylic acids is 1. The van der Waals surface area contributed by atoms with Crippen LogP contribution in [0.25, 0.3) is 10.9 Å². The predicted molar refractivity (Wildman–Crippen MR) is 117 cm³/mol. The Hall–Kier alpha value is -3.40. The monoisotopic (exact) mass is 383 g/mol. The molecule has 2 aromatic carbocycles. The zero-order valence-corrected chi connectivity index (χ0v) is 16.8. The van der Waals surface area contributed by atoms with Crippen LogP contribution in [-0.4, -0.2) is 15.9 Å². The molecule has 0 spiro atoms. The SMILES string of the molecule is Cc1ccc(C(CC(=O)NCc2ccccn2)c2c[nH]c3ccccc23)c(C)c1. The molecule has 1 atom stereocenters. The van der Waals surface area contributed by atoms with Crippen LogP contribution >= 0.6 is 0 Å². The molecule has 0 aliphatic carbocycles. The number of carbonyl (C=O) groups is 1. The molecule has 4 aromatic rings. The molecule has 0 aliphatic rings. The molecule has 0 fully saturated rings. The summed E-state index contributed by atoms with van der Waals surface area (Å²) in [5.41, 5.74) is 6.72. The minimum absolute atomic E-state index is 0.0181. The highest BCUT2D eigenvalue weighted by Crippen LogP contribution is 2.35. The van der Waals surface area contributed by atoms with Crippen molar-refractivity contribution in [3.63, 3.8) is 0 Å². The lowest BCUT2D eigenvalue weighted by molar-refractivity contribution is -0.121. The summed E-state index contributed by atoms with van der Waals surface area (Å²) in [6.45, 7) is 4.65. The average molecular weight is 383 g/mol. The number of fused-ring (bicyclic) bond motifs is 1. The summed E-state index contributed by atoms with van der Waals surface area (Å²) in [6, 6.07) is 20.4. The molecule has 0 saturated heterocycles. The summed E-state index contributed by atoms with van der Waals surface area (Å²) in [5, 5.41) is 4.19. The van der Waals surface area contributed by atoms with Crippen molar-refractivity contribution in [3.05, 3.63) is 101 Å². The number of aryl methyl sites for hydroxylation is 2. The summed E-state index contributed by atoms with van der Waals surface area (Å²) in [6.07, 6.45) is 4.17. The molecule has 0 bridgehead atoms. The van der Waals surface area contributed by atoms with E-state index < -0.39 is 0 Å². The van der Waals surface area contributed by atoms with Crippen LogP contribution in [0.3, 0.4) is 0 Å². The summed E-state index contributed by atoms with van der Waals surface area (Å²) in [5.74, 6) is 0.00129. The fourth-order valence-corrected chi connectivity index (χ4v) is 3.94. The number of nitrogens with zero attached hydrogens (tertiary/aromatic N) is 1. The van der Waals surface area contributed by atoms with Gasteiger partial charge in [0, 0.05) is 35.6 Å². The molecule has 29 heavy (non-hydrogen) atoms. The highest BCUT2D eigenvalue weighted by molar-refractivity contribution is 5.86. The number of amides is 1. The number of H-pyrrole nitrogens is 1. The highest BCUT2D eigenvalue weighted by atomic mass is 16.1. The Kier molecular flexibility index (Phi) is 5.43. The predicted octanol–water partition coefficient (Wildman–Crippen LogP) is 5.02. The number of rotatable bonds is 6. The molecule has 2 N–H and O–H groups in total. The van der Waals surface area contributed by atoms with Crippen LogP contribution in [0.15, 0.2) is 73.1 Å². The molecule has 4 rings (SSSR count). The normalized spacial score (nSPS) is 12.1. The molecular formula is C25H25N3O. The van der Waals surface area contributed by atoms with Crippen LogP contribution in [0, 0.1) is 13.8 Å². The molecule has 1 unspecified atom stereocenters. The van der Waals surface area contributed by atoms with Crippen molar-refractivity contribution >= 4 is 16.8 Å². The van der Waals surface area contributed by atoms with E-state index in [9.17, 15) is 4.79 Å². The third-order valence-corrected chi connectivity index (χ3v) is 5.38. The fraction of sp³-hybridized carbons (Fsp3) is 0.200. The summed E-state index contributed by atoms with van der Waals surface area (Å²) in [4.78, 5) is 20.5. The van der Waals surface area contributed by atoms with Gasteiger partial charge in [-0.3, -0.25) is 9.78 Å². The number of hydrogen-bond donors (Lipinski definition) is 2. The van der Waals surface area contributed by atoms with Gasteiger partial charge in [0.15, 0.2) is 0 Å². The summed E-state index contributed by atoms with van der Waals surface area (Å²) < 4.78 is 0. The number of aromatic amines is 1. The van der Waals surface area contributed by atoms with Crippen molar-refractivity contribution in [3.8, 4) is 0 Å². The molecule has 0 saturated carbocycles. The number of pyridine rings is 1. The molecule has 0 radical (unpaired) electrons. The van der Waals surface area contributed by atoms with Gasteiger partial charge in [0.25, 0.3) is 0 Å². The Morgan fingerprint density at radius 2 is 1.86 bits per heavy atom. The fourth-order valence-electron chi connectivity index (χ4n) is 3.94. The topological polar surface area (TPSA) is 57.8 Å². The third-order valence-electron chi connectivity index (χ3n) is 5.38. The standard InChI is InChI=1S/C25H25N3O/c1-17-10-11-20(18(2)13-17)22(23-16-27-24-9-4-3-8-21(23)24)14-25(29)28-15-19-7-5-6-12-26-19/h3-13,16,22,27H,14-15H2,1-2H3,(H,28,29). The Morgan fingerprint density at radius 3 is 2.66 bits per heavy atom. The van der Waals surface area contributed by atoms with Crippen LogP contribution in [0.4, 0.5) is 0 Å². The van der Waals surface area contributed by atoms with Crippen molar-refractivity contribution in [2.45, 2.75) is 32.7 Å². The second kappa shape index (κ2) is 8.31. The van der Waals surface area contributed by atoms with E-state index in [1.807, 2.05) is 36.5 Å². The van der Waals surface area contributed by atoms with Crippen LogP contribution in [0.5, 0.6) is 0 Å². The number of hydrogen-bond acceptors (Lipinski definition) is 2. The lowest BCUT2D eigenvalue weighted by Gasteiger charge is -2.20. The van der Waals surface area contributed by atoms with E-state index in [-0.39, 0.29) is 11.8 Å². The Bertz CT molecular complexity index is 1130. The van der Waals surface area contributed by atoms with E-state index in [0.29, 0.717) is 13.0 Å². The summed E-state index contributed by atoms with van der Waals surface area (Å²) in [7, 11) is 0. The first-order valence-electron chi connectivity index (χ1n) is 9.91. The van der Waals surface area contributed by atoms with Crippen molar-refractivity contribution in [1.29, 1.82) is 0 Å². The Labute approximate surface area is 171 Å². The Morgan fingerprint density at radius 1 is 1.03 bits per heavy atom. The molecule has 146 valence electrons. The van der Waals surface area contributed by atoms with Gasteiger partial charge in [-0.15, -0.1) is 0 Å². The molecule has 2 aromatic heterocycles. The van der Waals surface area contributed by atoms with Crippen LogP contribution in [0.1, 0.15) is 40.3 Å². The zero-order valence-electron chi connectivity index (χ0n) is 16.8. The first kappa shape index (κ1) is 18.9. The van der Waals surface area contributed by atoms with Gasteiger partial charge in [0.2, 0.25) is 5.91 Å². The van der Waals surface area contributed by atoms with Gasteiger partial charge in [-0.1, -0.05) is 48.0 Å². The van der Waals surface area contributed by atoms with E-state index in [4.69, 9.17) is 0 Å². The summed E-state index contributed by atoms with van der Waals surface area (Å²) >= 11 is 0. The molecule has 1 amide bonds. The average Bonchev–Trinajstić information content (AvgIpc) is 3.16. The lowest BCUT2D eigenvalue weighted by Crippen LogP contribution is -2.25. The first-order valence-corrected chi connectivity index (χ1v) is 9.91. The molecule has 4 heteroatoms. The van der Waals surface area contributed by atoms with E-state index in [2.05, 4.69) is 59.5 Å². The van der Waals surface area contributed by atoms with Gasteiger partial charge in [0.05, 0.1) is 12.2 Å². The molecule has 4 nitrogen and oxygen atoms in total. The van der Waals surface area contributed by atoms with Crippen molar-refractivity contribution in [1.82, 2.24) is 15.3 Å². The van der Waals surface area contributed by atoms with Crippen LogP contribution < -0.4 is 5.32 Å². The third kappa shape index (κ3) is 4.21. The van der Waals surface area contributed by atoms with Crippen molar-refractivity contribution < 1.29 is 4.79 Å². The van der Waals surface area contributed by atoms with Crippen molar-refractivity contribution in [2.75, 3.05) is 0 Å². The van der Waals surface area contributed by atoms with Gasteiger partial charge in [-0.25, -0.2) is 0 Å². The van der Waals surface area contributed by atoms with Gasteiger partial charge in [-0.2, -0.15) is 0 Å². The van der Waals surface area contributed by atoms with Crippen molar-refractivity contribution in [2.24, 2.45) is 0 Å². The van der Waals surface area contributed by atoms with Crippen LogP contribution in [0.2, 0.25) is 0 Å². The van der Waals surface area contributed by atoms with Crippen LogP contribution in [-0.2, 0) is 11.3 Å². The minimum Gasteiger partial charge on any atom is -0.361 e. The second-order valence-corrected chi connectivity index (χ2v) is 7.50. The van der Waals surface area contributed by atoms with E-state index in [1.54, 1.807) is 6.20 Å². The Balaban J connectivity index is 1.64. The number of aromatic nitrogens is 2. The highest BCUT2D eigenvalue weighted by Gasteiger charge is 2.22. The number of nitrogens with one attached hydrogen (secondary N) is 2. The van der Waals surface area contributed by atoms with Gasteiger partial charge in [0.1, 0.15) is 0 Å². The maximum atomic E-state index is 12.9. The maximum Gasteiger partial charge on any atom is 0.221 e. The smallest absolute Gasteiger partial charge is 0.221 e. The molecule has 0 aliphatic heterocycles. The molecule has 2 heterocycles. The largest absolute Gasteiger partial charge is 0.361 e. The van der Waals surface area contributed by atoms with Gasteiger partial charge in [-0.05, 0) is 48.7 Å². The van der Waals surface area contributed by atoms with E-state index in [0.717, 1.165) is 22.2 Å². The zero-order chi connectivity index (χ0) is 20.2. The van der Waals surface area contributed by atoms with Gasteiger partial charge >= 0.3 is 0 Å². The van der Waals surface area contributed by atoms with Gasteiger partial charge < -0.3 is 10.3 Å².